The molecule has 0 bridgehead atoms. The molecular weight excluding hydrogens is 378 g/mol. The lowest BCUT2D eigenvalue weighted by atomic mass is 10.0. The highest BCUT2D eigenvalue weighted by atomic mass is 16.3. The van der Waals surface area contributed by atoms with Crippen molar-refractivity contribution < 1.29 is 14.7 Å². The number of phenolic OH excluding ortho intramolecular Hbond substituents is 1. The molecule has 4 rings (SSSR count). The number of pyridine rings is 1. The van der Waals surface area contributed by atoms with Crippen molar-refractivity contribution in [1.82, 2.24) is 15.6 Å². The number of nitrogens with zero attached hydrogens (tertiary/aromatic N) is 1. The highest BCUT2D eigenvalue weighted by Gasteiger charge is 2.23. The molecule has 0 aliphatic heterocycles. The second-order valence-electron chi connectivity index (χ2n) is 7.46. The zero-order chi connectivity index (χ0) is 20.9. The molecule has 0 radical (unpaired) electrons. The van der Waals surface area contributed by atoms with E-state index in [0.717, 1.165) is 29.5 Å². The first kappa shape index (κ1) is 19.6. The summed E-state index contributed by atoms with van der Waals surface area (Å²) in [6, 6.07) is 16.4. The molecule has 0 atom stereocenters. The zero-order valence-electron chi connectivity index (χ0n) is 16.5. The molecule has 3 N–H and O–H groups in total. The third-order valence-electron chi connectivity index (χ3n) is 5.03. The lowest BCUT2D eigenvalue weighted by Crippen LogP contribution is -2.25. The van der Waals surface area contributed by atoms with Crippen molar-refractivity contribution in [2.45, 2.75) is 25.3 Å². The van der Waals surface area contributed by atoms with Crippen LogP contribution in [0.4, 0.5) is 0 Å². The van der Waals surface area contributed by atoms with Crippen molar-refractivity contribution >= 4 is 11.8 Å². The summed E-state index contributed by atoms with van der Waals surface area (Å²) >= 11 is 0. The highest BCUT2D eigenvalue weighted by molar-refractivity contribution is 5.96. The molecule has 3 aromatic rings. The van der Waals surface area contributed by atoms with E-state index in [0.29, 0.717) is 30.1 Å². The van der Waals surface area contributed by atoms with E-state index in [1.807, 2.05) is 24.3 Å². The van der Waals surface area contributed by atoms with E-state index in [4.69, 9.17) is 0 Å². The van der Waals surface area contributed by atoms with Gasteiger partial charge in [-0.3, -0.25) is 14.6 Å². The summed E-state index contributed by atoms with van der Waals surface area (Å²) in [5.74, 6) is -0.0188. The van der Waals surface area contributed by atoms with Gasteiger partial charge in [0.1, 0.15) is 5.75 Å². The van der Waals surface area contributed by atoms with Crippen molar-refractivity contribution in [1.29, 1.82) is 0 Å². The van der Waals surface area contributed by atoms with Crippen LogP contribution in [0.5, 0.6) is 5.75 Å². The fourth-order valence-electron chi connectivity index (χ4n) is 3.12. The number of aromatic nitrogens is 1. The number of carbonyl (C=O) groups is 2. The number of amides is 2. The van der Waals surface area contributed by atoms with E-state index < -0.39 is 0 Å². The van der Waals surface area contributed by atoms with Crippen molar-refractivity contribution in [3.8, 4) is 16.9 Å². The van der Waals surface area contributed by atoms with Gasteiger partial charge in [0.25, 0.3) is 11.8 Å². The summed E-state index contributed by atoms with van der Waals surface area (Å²) in [7, 11) is 0. The molecule has 1 saturated carbocycles. The Morgan fingerprint density at radius 1 is 0.900 bits per heavy atom. The number of hydrogen-bond acceptors (Lipinski definition) is 4. The summed E-state index contributed by atoms with van der Waals surface area (Å²) in [5.41, 5.74) is 3.85. The summed E-state index contributed by atoms with van der Waals surface area (Å²) in [5, 5.41) is 15.2. The summed E-state index contributed by atoms with van der Waals surface area (Å²) < 4.78 is 0. The standard InChI is InChI=1S/C24H23N3O3/c28-22-9-1-16(2-10-22)11-12-26-23(29)20-13-19(14-25-15-20)17-3-5-18(6-4-17)24(30)27-21-7-8-21/h1-6,9-10,13-15,21,28H,7-8,11-12H2,(H,26,29)(H,27,30). The number of carbonyl (C=O) groups excluding carboxylic acids is 2. The van der Waals surface area contributed by atoms with Crippen molar-refractivity contribution in [3.05, 3.63) is 83.7 Å². The molecule has 1 aromatic heterocycles. The van der Waals surface area contributed by atoms with Crippen LogP contribution in [0.2, 0.25) is 0 Å². The van der Waals surface area contributed by atoms with Gasteiger partial charge in [0.05, 0.1) is 5.56 Å². The Balaban J connectivity index is 1.37. The first-order valence-electron chi connectivity index (χ1n) is 10.0. The van der Waals surface area contributed by atoms with Gasteiger partial charge < -0.3 is 15.7 Å². The maximum absolute atomic E-state index is 12.5. The van der Waals surface area contributed by atoms with Crippen LogP contribution in [0.3, 0.4) is 0 Å². The largest absolute Gasteiger partial charge is 0.508 e. The van der Waals surface area contributed by atoms with Crippen LogP contribution in [0.15, 0.2) is 67.0 Å². The Hall–Kier alpha value is -3.67. The monoisotopic (exact) mass is 401 g/mol. The molecule has 6 nitrogen and oxygen atoms in total. The van der Waals surface area contributed by atoms with Crippen LogP contribution in [0.25, 0.3) is 11.1 Å². The van der Waals surface area contributed by atoms with E-state index in [1.54, 1.807) is 36.5 Å². The maximum atomic E-state index is 12.5. The predicted molar refractivity (Wildman–Crippen MR) is 114 cm³/mol. The molecule has 1 fully saturated rings. The smallest absolute Gasteiger partial charge is 0.252 e. The van der Waals surface area contributed by atoms with Gasteiger partial charge in [-0.1, -0.05) is 24.3 Å². The van der Waals surface area contributed by atoms with E-state index in [1.165, 1.54) is 6.20 Å². The molecule has 30 heavy (non-hydrogen) atoms. The van der Waals surface area contributed by atoms with Gasteiger partial charge in [-0.2, -0.15) is 0 Å². The second-order valence-corrected chi connectivity index (χ2v) is 7.46. The minimum absolute atomic E-state index is 0.0519. The molecule has 152 valence electrons. The molecule has 2 amide bonds. The molecule has 1 heterocycles. The van der Waals surface area contributed by atoms with Crippen LogP contribution in [-0.4, -0.2) is 34.5 Å². The normalized spacial score (nSPS) is 12.9. The topological polar surface area (TPSA) is 91.3 Å². The summed E-state index contributed by atoms with van der Waals surface area (Å²) in [6.07, 6.45) is 6.02. The van der Waals surface area contributed by atoms with Gasteiger partial charge in [0.2, 0.25) is 0 Å². The molecule has 0 saturated heterocycles. The number of phenols is 1. The van der Waals surface area contributed by atoms with E-state index in [-0.39, 0.29) is 17.6 Å². The zero-order valence-corrected chi connectivity index (χ0v) is 16.5. The van der Waals surface area contributed by atoms with Crippen LogP contribution >= 0.6 is 0 Å². The quantitative estimate of drug-likeness (QED) is 0.566. The van der Waals surface area contributed by atoms with E-state index >= 15 is 0 Å². The molecular formula is C24H23N3O3. The number of benzene rings is 2. The van der Waals surface area contributed by atoms with Crippen LogP contribution in [-0.2, 0) is 6.42 Å². The van der Waals surface area contributed by atoms with Crippen LogP contribution in [0, 0.1) is 0 Å². The fourth-order valence-corrected chi connectivity index (χ4v) is 3.12. The van der Waals surface area contributed by atoms with Gasteiger partial charge >= 0.3 is 0 Å². The predicted octanol–water partition coefficient (Wildman–Crippen LogP) is 3.32. The third-order valence-corrected chi connectivity index (χ3v) is 5.03. The fraction of sp³-hybridized carbons (Fsp3) is 0.208. The van der Waals surface area contributed by atoms with Gasteiger partial charge in [-0.15, -0.1) is 0 Å². The lowest BCUT2D eigenvalue weighted by molar-refractivity contribution is 0.0944. The van der Waals surface area contributed by atoms with Crippen molar-refractivity contribution in [2.24, 2.45) is 0 Å². The molecule has 0 unspecified atom stereocenters. The summed E-state index contributed by atoms with van der Waals surface area (Å²) in [6.45, 7) is 0.485. The van der Waals surface area contributed by atoms with Gasteiger partial charge in [-0.05, 0) is 60.7 Å². The first-order chi connectivity index (χ1) is 14.6. The Bertz CT molecular complexity index is 1040. The maximum Gasteiger partial charge on any atom is 0.252 e. The van der Waals surface area contributed by atoms with Crippen molar-refractivity contribution in [2.75, 3.05) is 6.54 Å². The van der Waals surface area contributed by atoms with Crippen molar-refractivity contribution in [3.63, 3.8) is 0 Å². The number of rotatable bonds is 7. The molecule has 6 heteroatoms. The number of aromatic hydroxyl groups is 1. The van der Waals surface area contributed by atoms with E-state index in [9.17, 15) is 14.7 Å². The number of hydrogen-bond donors (Lipinski definition) is 3. The average molecular weight is 401 g/mol. The van der Waals surface area contributed by atoms with Crippen LogP contribution in [0.1, 0.15) is 39.1 Å². The highest BCUT2D eigenvalue weighted by Crippen LogP contribution is 2.22. The molecule has 0 spiro atoms. The Kier molecular flexibility index (Phi) is 5.75. The third kappa shape index (κ3) is 5.03. The van der Waals surface area contributed by atoms with Gasteiger partial charge in [0, 0.05) is 36.1 Å². The Morgan fingerprint density at radius 2 is 1.63 bits per heavy atom. The summed E-state index contributed by atoms with van der Waals surface area (Å²) in [4.78, 5) is 28.8. The lowest BCUT2D eigenvalue weighted by Gasteiger charge is -2.08. The molecule has 2 aromatic carbocycles. The second kappa shape index (κ2) is 8.78. The number of nitrogens with one attached hydrogen (secondary N) is 2. The average Bonchev–Trinajstić information content (AvgIpc) is 3.59. The molecule has 1 aliphatic carbocycles. The van der Waals surface area contributed by atoms with E-state index in [2.05, 4.69) is 15.6 Å². The minimum atomic E-state index is -0.191. The van der Waals surface area contributed by atoms with Crippen LogP contribution < -0.4 is 10.6 Å². The molecule has 1 aliphatic rings. The first-order valence-corrected chi connectivity index (χ1v) is 10.0. The SMILES string of the molecule is O=C(NCCc1ccc(O)cc1)c1cncc(-c2ccc(C(=O)NC3CC3)cc2)c1. The van der Waals surface area contributed by atoms with Gasteiger partial charge in [-0.25, -0.2) is 0 Å². The Labute approximate surface area is 175 Å². The van der Waals surface area contributed by atoms with Gasteiger partial charge in [0.15, 0.2) is 0 Å². The minimum Gasteiger partial charge on any atom is -0.508 e. The Morgan fingerprint density at radius 3 is 2.33 bits per heavy atom.